The summed E-state index contributed by atoms with van der Waals surface area (Å²) in [4.78, 5) is 14.7. The second-order valence-electron chi connectivity index (χ2n) is 5.73. The number of carbonyl (C=O) groups excluding carboxylic acids is 1. The van der Waals surface area contributed by atoms with Crippen LogP contribution in [0, 0.1) is 5.92 Å². The van der Waals surface area contributed by atoms with Crippen LogP contribution in [0.2, 0.25) is 0 Å². The summed E-state index contributed by atoms with van der Waals surface area (Å²) in [5, 5.41) is 6.66. The van der Waals surface area contributed by atoms with Gasteiger partial charge in [0, 0.05) is 18.6 Å². The standard InChI is InChI=1S/C14H27N3O/c1-3-17-9-5-6-12(10-17)16-14(18)13-7-4-8-15-11(13)2/h11-13,15H,3-10H2,1-2H3,(H,16,18). The van der Waals surface area contributed by atoms with Gasteiger partial charge >= 0.3 is 0 Å². The molecule has 2 saturated heterocycles. The lowest BCUT2D eigenvalue weighted by Crippen LogP contribution is -2.52. The third-order valence-corrected chi connectivity index (χ3v) is 4.40. The fourth-order valence-corrected chi connectivity index (χ4v) is 3.17. The second-order valence-corrected chi connectivity index (χ2v) is 5.73. The highest BCUT2D eigenvalue weighted by Gasteiger charge is 2.29. The van der Waals surface area contributed by atoms with Crippen molar-refractivity contribution in [3.63, 3.8) is 0 Å². The van der Waals surface area contributed by atoms with E-state index in [1.54, 1.807) is 0 Å². The molecule has 1 amide bonds. The van der Waals surface area contributed by atoms with Gasteiger partial charge in [0.05, 0.1) is 5.92 Å². The smallest absolute Gasteiger partial charge is 0.224 e. The van der Waals surface area contributed by atoms with E-state index in [0.29, 0.717) is 12.1 Å². The molecular formula is C14H27N3O. The number of nitrogens with one attached hydrogen (secondary N) is 2. The molecule has 0 spiro atoms. The average Bonchev–Trinajstić information content (AvgIpc) is 2.39. The highest BCUT2D eigenvalue weighted by atomic mass is 16.2. The van der Waals surface area contributed by atoms with Crippen LogP contribution < -0.4 is 10.6 Å². The summed E-state index contributed by atoms with van der Waals surface area (Å²) in [5.41, 5.74) is 0. The zero-order valence-electron chi connectivity index (χ0n) is 11.7. The van der Waals surface area contributed by atoms with E-state index in [9.17, 15) is 4.79 Å². The lowest BCUT2D eigenvalue weighted by molar-refractivity contribution is -0.127. The number of rotatable bonds is 3. The van der Waals surface area contributed by atoms with Gasteiger partial charge < -0.3 is 15.5 Å². The van der Waals surface area contributed by atoms with E-state index in [1.807, 2.05) is 0 Å². The molecule has 0 aromatic carbocycles. The van der Waals surface area contributed by atoms with Gasteiger partial charge in [0.15, 0.2) is 0 Å². The lowest BCUT2D eigenvalue weighted by atomic mass is 9.90. The minimum absolute atomic E-state index is 0.163. The predicted octanol–water partition coefficient (Wildman–Crippen LogP) is 0.975. The summed E-state index contributed by atoms with van der Waals surface area (Å²) in [6.07, 6.45) is 4.49. The third kappa shape index (κ3) is 3.45. The highest BCUT2D eigenvalue weighted by Crippen LogP contribution is 2.17. The molecule has 0 bridgehead atoms. The second kappa shape index (κ2) is 6.53. The Balaban J connectivity index is 1.82. The van der Waals surface area contributed by atoms with Gasteiger partial charge in [0.2, 0.25) is 5.91 Å². The molecule has 2 fully saturated rings. The van der Waals surface area contributed by atoms with E-state index >= 15 is 0 Å². The van der Waals surface area contributed by atoms with Crippen molar-refractivity contribution in [2.45, 2.75) is 51.6 Å². The van der Waals surface area contributed by atoms with Gasteiger partial charge in [-0.2, -0.15) is 0 Å². The van der Waals surface area contributed by atoms with Gasteiger partial charge in [-0.05, 0) is 52.2 Å². The SMILES string of the molecule is CCN1CCCC(NC(=O)C2CCCNC2C)C1. The zero-order valence-corrected chi connectivity index (χ0v) is 11.7. The lowest BCUT2D eigenvalue weighted by Gasteiger charge is -2.35. The summed E-state index contributed by atoms with van der Waals surface area (Å²) in [7, 11) is 0. The van der Waals surface area contributed by atoms with E-state index in [4.69, 9.17) is 0 Å². The zero-order chi connectivity index (χ0) is 13.0. The number of hydrogen-bond acceptors (Lipinski definition) is 3. The maximum atomic E-state index is 12.3. The Bertz CT molecular complexity index is 282. The molecule has 104 valence electrons. The topological polar surface area (TPSA) is 44.4 Å². The molecule has 3 atom stereocenters. The van der Waals surface area contributed by atoms with Crippen molar-refractivity contribution >= 4 is 5.91 Å². The predicted molar refractivity (Wildman–Crippen MR) is 73.5 cm³/mol. The number of likely N-dealkylation sites (tertiary alicyclic amines) is 1. The Kier molecular flexibility index (Phi) is 5.01. The largest absolute Gasteiger partial charge is 0.352 e. The summed E-state index contributed by atoms with van der Waals surface area (Å²) < 4.78 is 0. The number of hydrogen-bond donors (Lipinski definition) is 2. The first-order valence-corrected chi connectivity index (χ1v) is 7.46. The first kappa shape index (κ1) is 13.8. The number of likely N-dealkylation sites (N-methyl/N-ethyl adjacent to an activating group) is 1. The van der Waals surface area contributed by atoms with Crippen LogP contribution in [0.15, 0.2) is 0 Å². The van der Waals surface area contributed by atoms with Crippen LogP contribution in [-0.4, -0.2) is 49.1 Å². The molecule has 0 aliphatic carbocycles. The monoisotopic (exact) mass is 253 g/mol. The first-order chi connectivity index (χ1) is 8.70. The molecule has 2 aliphatic rings. The van der Waals surface area contributed by atoms with Crippen molar-refractivity contribution in [1.29, 1.82) is 0 Å². The normalized spacial score (nSPS) is 34.2. The van der Waals surface area contributed by atoms with Crippen molar-refractivity contribution in [2.75, 3.05) is 26.2 Å². The molecule has 3 unspecified atom stereocenters. The maximum absolute atomic E-state index is 12.3. The molecule has 4 heteroatoms. The number of piperidine rings is 2. The number of carbonyl (C=O) groups is 1. The van der Waals surface area contributed by atoms with E-state index in [0.717, 1.165) is 38.9 Å². The molecule has 2 N–H and O–H groups in total. The van der Waals surface area contributed by atoms with Gasteiger partial charge in [-0.1, -0.05) is 6.92 Å². The summed E-state index contributed by atoms with van der Waals surface area (Å²) in [5.74, 6) is 0.424. The summed E-state index contributed by atoms with van der Waals surface area (Å²) in [6.45, 7) is 8.67. The van der Waals surface area contributed by atoms with Crippen LogP contribution in [0.5, 0.6) is 0 Å². The van der Waals surface area contributed by atoms with Crippen LogP contribution >= 0.6 is 0 Å². The van der Waals surface area contributed by atoms with E-state index < -0.39 is 0 Å². The minimum Gasteiger partial charge on any atom is -0.352 e. The molecule has 0 aromatic heterocycles. The number of nitrogens with zero attached hydrogens (tertiary/aromatic N) is 1. The van der Waals surface area contributed by atoms with Crippen LogP contribution in [-0.2, 0) is 4.79 Å². The van der Waals surface area contributed by atoms with Crippen LogP contribution in [0.25, 0.3) is 0 Å². The van der Waals surface area contributed by atoms with Crippen molar-refractivity contribution in [2.24, 2.45) is 5.92 Å². The average molecular weight is 253 g/mol. The van der Waals surface area contributed by atoms with E-state index in [2.05, 4.69) is 29.4 Å². The Morgan fingerprint density at radius 3 is 2.94 bits per heavy atom. The molecule has 0 saturated carbocycles. The summed E-state index contributed by atoms with van der Waals surface area (Å²) in [6, 6.07) is 0.685. The Hall–Kier alpha value is -0.610. The van der Waals surface area contributed by atoms with E-state index in [-0.39, 0.29) is 11.8 Å². The van der Waals surface area contributed by atoms with Crippen molar-refractivity contribution in [3.8, 4) is 0 Å². The fourth-order valence-electron chi connectivity index (χ4n) is 3.17. The Morgan fingerprint density at radius 1 is 1.39 bits per heavy atom. The molecule has 0 aromatic rings. The van der Waals surface area contributed by atoms with Gasteiger partial charge in [-0.15, -0.1) is 0 Å². The van der Waals surface area contributed by atoms with Gasteiger partial charge in [-0.25, -0.2) is 0 Å². The Labute approximate surface area is 110 Å². The molecule has 2 aliphatic heterocycles. The van der Waals surface area contributed by atoms with Gasteiger partial charge in [-0.3, -0.25) is 4.79 Å². The molecule has 2 rings (SSSR count). The molecule has 4 nitrogen and oxygen atoms in total. The third-order valence-electron chi connectivity index (χ3n) is 4.40. The molecule has 18 heavy (non-hydrogen) atoms. The van der Waals surface area contributed by atoms with Crippen LogP contribution in [0.1, 0.15) is 39.5 Å². The first-order valence-electron chi connectivity index (χ1n) is 7.46. The van der Waals surface area contributed by atoms with Crippen LogP contribution in [0.3, 0.4) is 0 Å². The molecule has 0 radical (unpaired) electrons. The molecule has 2 heterocycles. The van der Waals surface area contributed by atoms with Crippen LogP contribution in [0.4, 0.5) is 0 Å². The van der Waals surface area contributed by atoms with Crippen molar-refractivity contribution < 1.29 is 4.79 Å². The minimum atomic E-state index is 0.163. The highest BCUT2D eigenvalue weighted by molar-refractivity contribution is 5.79. The van der Waals surface area contributed by atoms with Gasteiger partial charge in [0.1, 0.15) is 0 Å². The van der Waals surface area contributed by atoms with Crippen molar-refractivity contribution in [1.82, 2.24) is 15.5 Å². The van der Waals surface area contributed by atoms with Crippen molar-refractivity contribution in [3.05, 3.63) is 0 Å². The number of amides is 1. The van der Waals surface area contributed by atoms with E-state index in [1.165, 1.54) is 13.0 Å². The maximum Gasteiger partial charge on any atom is 0.224 e. The fraction of sp³-hybridized carbons (Fsp3) is 0.929. The van der Waals surface area contributed by atoms with Gasteiger partial charge in [0.25, 0.3) is 0 Å². The molecular weight excluding hydrogens is 226 g/mol. The summed E-state index contributed by atoms with van der Waals surface area (Å²) >= 11 is 0. The Morgan fingerprint density at radius 2 is 2.22 bits per heavy atom. The quantitative estimate of drug-likeness (QED) is 0.788.